The monoisotopic (exact) mass is 159 g/mol. The summed E-state index contributed by atoms with van der Waals surface area (Å²) in [5.41, 5.74) is 5.39. The summed E-state index contributed by atoms with van der Waals surface area (Å²) in [7, 11) is 0. The normalized spacial score (nSPS) is 8.17. The first-order valence-corrected chi connectivity index (χ1v) is 3.13. The maximum atomic E-state index is 8.44. The first kappa shape index (κ1) is 7.90. The van der Waals surface area contributed by atoms with Crippen molar-refractivity contribution in [1.82, 2.24) is 0 Å². The van der Waals surface area contributed by atoms with Gasteiger partial charge in [0.15, 0.2) is 11.3 Å². The lowest BCUT2D eigenvalue weighted by Crippen LogP contribution is -1.97. The Morgan fingerprint density at radius 3 is 2.50 bits per heavy atom. The quantitative estimate of drug-likeness (QED) is 0.619. The molecule has 0 saturated carbocycles. The van der Waals surface area contributed by atoms with Gasteiger partial charge in [0, 0.05) is 0 Å². The van der Waals surface area contributed by atoms with Crippen LogP contribution in [-0.4, -0.2) is 0 Å². The van der Waals surface area contributed by atoms with E-state index in [0.717, 1.165) is 0 Å². The molecule has 0 aliphatic heterocycles. The van der Waals surface area contributed by atoms with Gasteiger partial charge in [0.05, 0.1) is 6.26 Å². The van der Waals surface area contributed by atoms with Gasteiger partial charge in [0.2, 0.25) is 0 Å². The number of nitriles is 2. The van der Waals surface area contributed by atoms with E-state index in [1.807, 2.05) is 0 Å². The van der Waals surface area contributed by atoms with Crippen LogP contribution in [-0.2, 0) is 0 Å². The van der Waals surface area contributed by atoms with Gasteiger partial charge in [-0.25, -0.2) is 0 Å². The van der Waals surface area contributed by atoms with E-state index in [2.05, 4.69) is 0 Å². The molecule has 0 spiro atoms. The van der Waals surface area contributed by atoms with Gasteiger partial charge >= 0.3 is 0 Å². The Labute approximate surface area is 69.1 Å². The summed E-state index contributed by atoms with van der Waals surface area (Å²) in [5.74, 6) is 0.341. The minimum atomic E-state index is -0.134. The number of rotatable bonds is 1. The van der Waals surface area contributed by atoms with Gasteiger partial charge in [-0.1, -0.05) is 0 Å². The van der Waals surface area contributed by atoms with Crippen LogP contribution < -0.4 is 5.73 Å². The Bertz CT molecular complexity index is 359. The highest BCUT2D eigenvalue weighted by molar-refractivity contribution is 5.69. The van der Waals surface area contributed by atoms with E-state index < -0.39 is 0 Å². The summed E-state index contributed by atoms with van der Waals surface area (Å²) in [6, 6.07) is 6.57. The molecule has 1 aromatic rings. The Morgan fingerprint density at radius 2 is 2.08 bits per heavy atom. The van der Waals surface area contributed by atoms with E-state index >= 15 is 0 Å². The van der Waals surface area contributed by atoms with Crippen LogP contribution >= 0.6 is 0 Å². The highest BCUT2D eigenvalue weighted by Crippen LogP contribution is 2.12. The molecule has 1 rings (SSSR count). The van der Waals surface area contributed by atoms with Crippen LogP contribution in [0.25, 0.3) is 5.70 Å². The van der Waals surface area contributed by atoms with Crippen LogP contribution in [0.1, 0.15) is 5.76 Å². The standard InChI is InChI=1S/C8H5N3O/c9-4-6(5-10)8(11)7-2-1-3-12-7/h1-3H,11H2. The molecule has 4 heteroatoms. The Morgan fingerprint density at radius 1 is 1.42 bits per heavy atom. The zero-order valence-electron chi connectivity index (χ0n) is 6.11. The van der Waals surface area contributed by atoms with Crippen molar-refractivity contribution >= 4 is 5.70 Å². The Hall–Kier alpha value is -2.20. The van der Waals surface area contributed by atoms with Crippen LogP contribution in [0.15, 0.2) is 28.4 Å². The van der Waals surface area contributed by atoms with E-state index in [0.29, 0.717) is 5.76 Å². The molecule has 0 fully saturated rings. The van der Waals surface area contributed by atoms with Gasteiger partial charge in [0.25, 0.3) is 0 Å². The molecule has 4 nitrogen and oxygen atoms in total. The smallest absolute Gasteiger partial charge is 0.156 e. The topological polar surface area (TPSA) is 86.7 Å². The molecule has 0 radical (unpaired) electrons. The van der Waals surface area contributed by atoms with Crippen molar-refractivity contribution in [3.05, 3.63) is 29.7 Å². The van der Waals surface area contributed by atoms with Crippen molar-refractivity contribution in [2.45, 2.75) is 0 Å². The fourth-order valence-electron chi connectivity index (χ4n) is 0.700. The number of allylic oxidation sites excluding steroid dienone is 1. The van der Waals surface area contributed by atoms with Gasteiger partial charge in [-0.3, -0.25) is 0 Å². The molecule has 1 heterocycles. The molecule has 0 atom stereocenters. The molecule has 0 aliphatic carbocycles. The number of nitrogens with two attached hydrogens (primary N) is 1. The minimum absolute atomic E-state index is 0.0741. The first-order valence-electron chi connectivity index (χ1n) is 3.13. The van der Waals surface area contributed by atoms with Gasteiger partial charge in [-0.05, 0) is 12.1 Å². The van der Waals surface area contributed by atoms with E-state index in [9.17, 15) is 0 Å². The number of hydrogen-bond acceptors (Lipinski definition) is 4. The molecule has 1 aromatic heterocycles. The van der Waals surface area contributed by atoms with Gasteiger partial charge in [0.1, 0.15) is 17.8 Å². The van der Waals surface area contributed by atoms with E-state index in [4.69, 9.17) is 20.7 Å². The molecule has 12 heavy (non-hydrogen) atoms. The van der Waals surface area contributed by atoms with Crippen LogP contribution in [0.5, 0.6) is 0 Å². The maximum absolute atomic E-state index is 8.44. The lowest BCUT2D eigenvalue weighted by molar-refractivity contribution is 0.552. The SMILES string of the molecule is N#CC(C#N)=C(N)c1ccco1. The zero-order chi connectivity index (χ0) is 8.97. The van der Waals surface area contributed by atoms with E-state index in [1.54, 1.807) is 24.3 Å². The number of hydrogen-bond donors (Lipinski definition) is 1. The van der Waals surface area contributed by atoms with Gasteiger partial charge < -0.3 is 10.2 Å². The second kappa shape index (κ2) is 3.27. The maximum Gasteiger partial charge on any atom is 0.156 e. The number of furan rings is 1. The van der Waals surface area contributed by atoms with Crippen LogP contribution in [0.2, 0.25) is 0 Å². The summed E-state index contributed by atoms with van der Waals surface area (Å²) in [5, 5.41) is 16.9. The molecule has 0 aliphatic rings. The second-order valence-corrected chi connectivity index (χ2v) is 1.99. The van der Waals surface area contributed by atoms with Crippen molar-refractivity contribution in [3.8, 4) is 12.1 Å². The molecule has 0 saturated heterocycles. The van der Waals surface area contributed by atoms with E-state index in [1.165, 1.54) is 6.26 Å². The van der Waals surface area contributed by atoms with E-state index in [-0.39, 0.29) is 11.3 Å². The van der Waals surface area contributed by atoms with Crippen LogP contribution in [0.3, 0.4) is 0 Å². The lowest BCUT2D eigenvalue weighted by Gasteiger charge is -1.93. The summed E-state index contributed by atoms with van der Waals surface area (Å²) in [6.07, 6.45) is 1.43. The third-order valence-corrected chi connectivity index (χ3v) is 1.28. The predicted molar refractivity (Wildman–Crippen MR) is 41.0 cm³/mol. The minimum Gasteiger partial charge on any atom is -0.463 e. The van der Waals surface area contributed by atoms with Crippen LogP contribution in [0.4, 0.5) is 0 Å². The lowest BCUT2D eigenvalue weighted by atomic mass is 10.2. The molecule has 0 aromatic carbocycles. The van der Waals surface area contributed by atoms with Crippen molar-refractivity contribution in [2.75, 3.05) is 0 Å². The van der Waals surface area contributed by atoms with Gasteiger partial charge in [-0.15, -0.1) is 0 Å². The Kier molecular flexibility index (Phi) is 2.15. The molecule has 0 bridgehead atoms. The summed E-state index contributed by atoms with van der Waals surface area (Å²) in [4.78, 5) is 0. The largest absolute Gasteiger partial charge is 0.463 e. The highest BCUT2D eigenvalue weighted by Gasteiger charge is 2.06. The second-order valence-electron chi connectivity index (χ2n) is 1.99. The predicted octanol–water partition coefficient (Wildman–Crippen LogP) is 0.997. The van der Waals surface area contributed by atoms with Crippen molar-refractivity contribution in [2.24, 2.45) is 5.73 Å². The fourth-order valence-corrected chi connectivity index (χ4v) is 0.700. The number of nitrogens with zero attached hydrogens (tertiary/aromatic N) is 2. The highest BCUT2D eigenvalue weighted by atomic mass is 16.3. The molecule has 0 amide bonds. The van der Waals surface area contributed by atoms with Crippen molar-refractivity contribution < 1.29 is 4.42 Å². The van der Waals surface area contributed by atoms with Crippen LogP contribution in [0, 0.1) is 22.7 Å². The summed E-state index contributed by atoms with van der Waals surface area (Å²) >= 11 is 0. The van der Waals surface area contributed by atoms with Gasteiger partial charge in [-0.2, -0.15) is 10.5 Å². The fraction of sp³-hybridized carbons (Fsp3) is 0. The zero-order valence-corrected chi connectivity index (χ0v) is 6.11. The third kappa shape index (κ3) is 1.28. The summed E-state index contributed by atoms with van der Waals surface area (Å²) in [6.45, 7) is 0. The molecule has 58 valence electrons. The average Bonchev–Trinajstić information content (AvgIpc) is 2.58. The molecular weight excluding hydrogens is 154 g/mol. The van der Waals surface area contributed by atoms with Crippen molar-refractivity contribution in [3.63, 3.8) is 0 Å². The molecule has 2 N–H and O–H groups in total. The summed E-state index contributed by atoms with van der Waals surface area (Å²) < 4.78 is 4.89. The third-order valence-electron chi connectivity index (χ3n) is 1.28. The Balaban J connectivity index is 3.16. The molecular formula is C8H5N3O. The van der Waals surface area contributed by atoms with Crippen molar-refractivity contribution in [1.29, 1.82) is 10.5 Å². The molecule has 0 unspecified atom stereocenters. The first-order chi connectivity index (χ1) is 5.79. The average molecular weight is 159 g/mol.